The number of allylic oxidation sites excluding steroid dienone is 1. The average Bonchev–Trinajstić information content (AvgIpc) is 1.87. The molecule has 87 heavy (non-hydrogen) atoms. The number of benzene rings is 4. The number of carbonyl (C=O) groups is 3. The van der Waals surface area contributed by atoms with E-state index < -0.39 is 47.0 Å². The monoisotopic (exact) mass is 1180 g/mol. The van der Waals surface area contributed by atoms with E-state index in [0.717, 1.165) is 71.6 Å². The normalized spacial score (nSPS) is 26.2. The van der Waals surface area contributed by atoms with Crippen molar-refractivity contribution in [3.05, 3.63) is 166 Å². The summed E-state index contributed by atoms with van der Waals surface area (Å²) in [5.74, 6) is 4.23. The molecule has 5 aliphatic rings. The molecule has 4 fully saturated rings. The van der Waals surface area contributed by atoms with Gasteiger partial charge in [-0.3, -0.25) is 29.6 Å². The van der Waals surface area contributed by atoms with Crippen molar-refractivity contribution in [1.82, 2.24) is 19.5 Å². The van der Waals surface area contributed by atoms with Crippen molar-refractivity contribution in [2.24, 2.45) is 46.3 Å². The summed E-state index contributed by atoms with van der Waals surface area (Å²) in [6.45, 7) is 12.4. The first-order valence-electron chi connectivity index (χ1n) is 31.5. The van der Waals surface area contributed by atoms with E-state index in [0.29, 0.717) is 29.4 Å². The van der Waals surface area contributed by atoms with E-state index >= 15 is 0 Å². The number of fused-ring (bicyclic) bond motifs is 6. The molecule has 0 bridgehead atoms. The first-order valence-corrected chi connectivity index (χ1v) is 31.5. The SMILES string of the molecule is COc1ccc(C(OC[C@@H]2C[C@@H](OC(=O)CCC(=O)OC3CC[C@@]4(C)C(=CCC5C4CC[C@@]4(C)C5CC[C@@H]4[C@H](C)CCCC(C)C)C3)[C@H](n3cnc4c(NC(=O)OCCc5ccc([N+](=O)[O-])cc5)ncnc43)O2)(c2ccccc2)c2ccccc2)cc1. The summed E-state index contributed by atoms with van der Waals surface area (Å²) in [5.41, 5.74) is 4.69. The van der Waals surface area contributed by atoms with Crippen molar-refractivity contribution in [2.45, 2.75) is 161 Å². The van der Waals surface area contributed by atoms with Crippen LogP contribution in [0.25, 0.3) is 11.2 Å². The van der Waals surface area contributed by atoms with Gasteiger partial charge in [0.15, 0.2) is 23.2 Å². The molecule has 1 N–H and O–H groups in total. The van der Waals surface area contributed by atoms with E-state index in [9.17, 15) is 24.5 Å². The highest BCUT2D eigenvalue weighted by molar-refractivity contribution is 5.93. The minimum atomic E-state index is -1.12. The van der Waals surface area contributed by atoms with Gasteiger partial charge in [-0.25, -0.2) is 19.7 Å². The van der Waals surface area contributed by atoms with Crippen LogP contribution in [0.15, 0.2) is 133 Å². The fraction of sp³-hybridized carbons (Fsp3) is 0.514. The number of nitrogens with zero attached hydrogens (tertiary/aromatic N) is 5. The summed E-state index contributed by atoms with van der Waals surface area (Å²) in [6, 6.07) is 33.7. The standard InChI is InChI=1S/C70H84N6O11/c1-45(2)14-13-15-46(3)57-30-31-58-56-29-24-51-40-54(34-37-68(51,4)59(56)35-38-69(57,58)5)85-61(77)32-33-62(78)87-60-41-55(42-84-70(48-16-9-7-10-17-48,49-18-11-8-12-19-49)50-22-27-53(82-6)28-23-50)86-66(60)75-44-73-63-64(71-43-72-65(63)75)74-67(79)83-39-36-47-20-25-52(26-21-47)76(80)81/h7-12,16-28,43-46,54-60,66H,13-15,29-42H2,1-6H3,(H,71,72,74,79)/t46-,54?,55+,56?,57-,58?,59?,60-,66-,68+,69-/m1/s1. The lowest BCUT2D eigenvalue weighted by molar-refractivity contribution is -0.384. The molecule has 17 heteroatoms. The second-order valence-corrected chi connectivity index (χ2v) is 26.0. The number of hydrogen-bond acceptors (Lipinski definition) is 14. The van der Waals surface area contributed by atoms with Gasteiger partial charge in [-0.2, -0.15) is 0 Å². The highest BCUT2D eigenvalue weighted by atomic mass is 16.6. The van der Waals surface area contributed by atoms with Gasteiger partial charge in [0.05, 0.1) is 50.5 Å². The van der Waals surface area contributed by atoms with Gasteiger partial charge in [0.25, 0.3) is 5.69 Å². The van der Waals surface area contributed by atoms with Gasteiger partial charge in [0.1, 0.15) is 29.9 Å². The van der Waals surface area contributed by atoms with Gasteiger partial charge >= 0.3 is 18.0 Å². The number of esters is 2. The second kappa shape index (κ2) is 26.5. The van der Waals surface area contributed by atoms with Gasteiger partial charge in [-0.05, 0) is 126 Å². The number of aromatic nitrogens is 4. The van der Waals surface area contributed by atoms with E-state index in [1.807, 2.05) is 84.9 Å². The molecule has 0 spiro atoms. The van der Waals surface area contributed by atoms with E-state index in [-0.39, 0.29) is 66.7 Å². The fourth-order valence-corrected chi connectivity index (χ4v) is 16.1. The highest BCUT2D eigenvalue weighted by Crippen LogP contribution is 2.67. The van der Waals surface area contributed by atoms with Crippen LogP contribution in [0, 0.1) is 56.5 Å². The van der Waals surface area contributed by atoms with E-state index in [2.05, 4.69) is 61.0 Å². The zero-order chi connectivity index (χ0) is 60.9. The van der Waals surface area contributed by atoms with Crippen LogP contribution in [0.2, 0.25) is 0 Å². The number of nitro groups is 1. The topological polar surface area (TPSA) is 205 Å². The van der Waals surface area contributed by atoms with Crippen LogP contribution >= 0.6 is 0 Å². The summed E-state index contributed by atoms with van der Waals surface area (Å²) in [4.78, 5) is 65.1. The molecule has 3 saturated carbocycles. The number of nitro benzene ring substituents is 1. The molecule has 1 amide bonds. The summed E-state index contributed by atoms with van der Waals surface area (Å²) in [7, 11) is 1.63. The number of anilines is 1. The zero-order valence-corrected chi connectivity index (χ0v) is 51.1. The average molecular weight is 1190 g/mol. The number of rotatable bonds is 23. The second-order valence-electron chi connectivity index (χ2n) is 26.0. The molecule has 4 aliphatic carbocycles. The van der Waals surface area contributed by atoms with Gasteiger partial charge in [0.2, 0.25) is 0 Å². The van der Waals surface area contributed by atoms with Gasteiger partial charge in [0, 0.05) is 31.4 Å². The highest BCUT2D eigenvalue weighted by Gasteiger charge is 2.59. The first kappa shape index (κ1) is 61.2. The third-order valence-electron chi connectivity index (χ3n) is 20.5. The van der Waals surface area contributed by atoms with Gasteiger partial charge < -0.3 is 28.4 Å². The molecule has 460 valence electrons. The lowest BCUT2D eigenvalue weighted by Gasteiger charge is -2.58. The lowest BCUT2D eigenvalue weighted by Crippen LogP contribution is -2.51. The van der Waals surface area contributed by atoms with Crippen molar-refractivity contribution in [1.29, 1.82) is 0 Å². The molecule has 11 atom stereocenters. The smallest absolute Gasteiger partial charge is 0.412 e. The number of nitrogens with one attached hydrogen (secondary N) is 1. The van der Waals surface area contributed by atoms with Crippen LogP contribution in [0.5, 0.6) is 5.75 Å². The minimum Gasteiger partial charge on any atom is -0.497 e. The van der Waals surface area contributed by atoms with Crippen molar-refractivity contribution < 1.29 is 47.7 Å². The molecule has 3 heterocycles. The van der Waals surface area contributed by atoms with Gasteiger partial charge in [-0.15, -0.1) is 0 Å². The van der Waals surface area contributed by atoms with Crippen LogP contribution in [-0.2, 0) is 45.3 Å². The van der Waals surface area contributed by atoms with Crippen LogP contribution in [0.1, 0.15) is 153 Å². The number of hydrogen-bond donors (Lipinski definition) is 1. The third-order valence-corrected chi connectivity index (χ3v) is 20.5. The molecule has 4 aromatic carbocycles. The Hall–Kier alpha value is -7.50. The summed E-state index contributed by atoms with van der Waals surface area (Å²) in [6.07, 6.45) is 14.9. The quantitative estimate of drug-likeness (QED) is 0.0158. The summed E-state index contributed by atoms with van der Waals surface area (Å²) in [5, 5.41) is 13.8. The molecule has 11 rings (SSSR count). The van der Waals surface area contributed by atoms with E-state index in [1.54, 1.807) is 23.8 Å². The molecule has 0 radical (unpaired) electrons. The minimum absolute atomic E-state index is 0.0112. The summed E-state index contributed by atoms with van der Waals surface area (Å²) >= 11 is 0. The first-order chi connectivity index (χ1) is 42.1. The maximum Gasteiger partial charge on any atom is 0.412 e. The Kier molecular flexibility index (Phi) is 18.6. The van der Waals surface area contributed by atoms with Crippen LogP contribution in [0.4, 0.5) is 16.3 Å². The molecular weight excluding hydrogens is 1100 g/mol. The van der Waals surface area contributed by atoms with E-state index in [4.69, 9.17) is 28.4 Å². The molecule has 17 nitrogen and oxygen atoms in total. The Morgan fingerprint density at radius 2 is 1.52 bits per heavy atom. The van der Waals surface area contributed by atoms with Crippen LogP contribution in [-0.4, -0.2) is 81.1 Å². The predicted octanol–water partition coefficient (Wildman–Crippen LogP) is 14.5. The molecule has 1 aliphatic heterocycles. The maximum atomic E-state index is 14.1. The van der Waals surface area contributed by atoms with Crippen molar-refractivity contribution in [3.8, 4) is 5.75 Å². The predicted molar refractivity (Wildman–Crippen MR) is 329 cm³/mol. The Labute approximate surface area is 510 Å². The lowest BCUT2D eigenvalue weighted by atomic mass is 9.47. The Morgan fingerprint density at radius 3 is 2.21 bits per heavy atom. The Bertz CT molecular complexity index is 3350. The largest absolute Gasteiger partial charge is 0.497 e. The molecule has 2 aromatic heterocycles. The number of ether oxygens (including phenoxy) is 6. The van der Waals surface area contributed by atoms with Crippen LogP contribution < -0.4 is 10.1 Å². The molecular formula is C70H84N6O11. The number of amides is 1. The maximum absolute atomic E-state index is 14.1. The zero-order valence-electron chi connectivity index (χ0n) is 51.1. The van der Waals surface area contributed by atoms with Crippen LogP contribution in [0.3, 0.4) is 0 Å². The number of non-ortho nitro benzene ring substituents is 1. The number of carbonyl (C=O) groups excluding carboxylic acids is 3. The molecule has 6 aromatic rings. The Morgan fingerprint density at radius 1 is 0.816 bits per heavy atom. The fourth-order valence-electron chi connectivity index (χ4n) is 16.1. The Balaban J connectivity index is 0.770. The third kappa shape index (κ3) is 12.9. The molecule has 4 unspecified atom stereocenters. The van der Waals surface area contributed by atoms with Crippen molar-refractivity contribution >= 4 is 40.7 Å². The van der Waals surface area contributed by atoms with E-state index in [1.165, 1.54) is 75.3 Å². The van der Waals surface area contributed by atoms with Crippen molar-refractivity contribution in [3.63, 3.8) is 0 Å². The molecule has 1 saturated heterocycles. The summed E-state index contributed by atoms with van der Waals surface area (Å²) < 4.78 is 39.3. The van der Waals surface area contributed by atoms with Crippen molar-refractivity contribution in [2.75, 3.05) is 25.6 Å². The van der Waals surface area contributed by atoms with Gasteiger partial charge in [-0.1, -0.05) is 150 Å². The number of imidazole rings is 1. The number of methoxy groups -OCH3 is 1.